The lowest BCUT2D eigenvalue weighted by molar-refractivity contribution is 0.401. The lowest BCUT2D eigenvalue weighted by Crippen LogP contribution is -2.41. The van der Waals surface area contributed by atoms with Gasteiger partial charge >= 0.3 is 0 Å². The summed E-state index contributed by atoms with van der Waals surface area (Å²) in [5, 5.41) is 0. The maximum Gasteiger partial charge on any atom is 0.291 e. The van der Waals surface area contributed by atoms with Gasteiger partial charge in [-0.1, -0.05) is 27.7 Å². The van der Waals surface area contributed by atoms with E-state index in [0.717, 1.165) is 33.7 Å². The Bertz CT molecular complexity index is 70.2. The van der Waals surface area contributed by atoms with Gasteiger partial charge in [-0.2, -0.15) is 0 Å². The molecule has 0 aliphatic rings. The molecule has 3 heteroatoms. The summed E-state index contributed by atoms with van der Waals surface area (Å²) >= 11 is 0. The van der Waals surface area contributed by atoms with Crippen LogP contribution in [0.1, 0.15) is 27.7 Å². The molecule has 0 amide bonds. The van der Waals surface area contributed by atoms with Gasteiger partial charge < -0.3 is 9.62 Å². The average molecular weight is 156 g/mol. The molecular weight excluding hydrogens is 135 g/mol. The monoisotopic (exact) mass is 156 g/mol. The van der Waals surface area contributed by atoms with E-state index < -0.39 is 0 Å². The Kier molecular flexibility index (Phi) is 6.67. The molecule has 0 rings (SSSR count). The van der Waals surface area contributed by atoms with Gasteiger partial charge in [-0.25, -0.2) is 0 Å². The summed E-state index contributed by atoms with van der Waals surface area (Å²) in [6, 6.07) is 0. The summed E-state index contributed by atoms with van der Waals surface area (Å²) in [4.78, 5) is 4.88. The van der Waals surface area contributed by atoms with Crippen LogP contribution in [-0.4, -0.2) is 43.4 Å². The molecule has 0 N–H and O–H groups in total. The third kappa shape index (κ3) is 4.43. The molecule has 0 atom stereocenters. The third-order valence-electron chi connectivity index (χ3n) is 2.19. The predicted molar refractivity (Wildman–Crippen MR) is 53.0 cm³/mol. The summed E-state index contributed by atoms with van der Waals surface area (Å²) in [5.74, 6) is 0. The molecule has 0 spiro atoms. The van der Waals surface area contributed by atoms with Crippen molar-refractivity contribution in [3.8, 4) is 0 Å². The topological polar surface area (TPSA) is 6.48 Å². The van der Waals surface area contributed by atoms with Crippen LogP contribution in [0.3, 0.4) is 0 Å². The number of rotatable bonds is 6. The Morgan fingerprint density at radius 2 is 1.00 bits per heavy atom. The fourth-order valence-electron chi connectivity index (χ4n) is 1.13. The van der Waals surface area contributed by atoms with Gasteiger partial charge in [0.05, 0.1) is 0 Å². The molecule has 0 fully saturated rings. The lowest BCUT2D eigenvalue weighted by atomic mass is 10.0. The zero-order chi connectivity index (χ0) is 8.69. The molecule has 0 saturated carbocycles. The van der Waals surface area contributed by atoms with Crippen LogP contribution < -0.4 is 0 Å². The minimum absolute atomic E-state index is 1.12. The van der Waals surface area contributed by atoms with Crippen molar-refractivity contribution in [2.75, 3.05) is 26.2 Å². The lowest BCUT2D eigenvalue weighted by Gasteiger charge is -2.25. The van der Waals surface area contributed by atoms with Gasteiger partial charge in [0.25, 0.3) is 7.55 Å². The molecule has 0 bridgehead atoms. The van der Waals surface area contributed by atoms with Crippen molar-refractivity contribution in [2.24, 2.45) is 0 Å². The first-order chi connectivity index (χ1) is 5.28. The largest absolute Gasteiger partial charge is 0.332 e. The van der Waals surface area contributed by atoms with E-state index in [1.165, 1.54) is 0 Å². The second kappa shape index (κ2) is 6.68. The molecule has 0 aromatic carbocycles. The van der Waals surface area contributed by atoms with Crippen molar-refractivity contribution < 1.29 is 0 Å². The molecule has 0 heterocycles. The van der Waals surface area contributed by atoms with Crippen LogP contribution in [0.5, 0.6) is 0 Å². The standard InChI is InChI=1S/C8H21BN2/c1-5-10(6-2)9-11(7-3)8-4/h9H,5-8H2,1-4H3. The van der Waals surface area contributed by atoms with Gasteiger partial charge in [0.1, 0.15) is 0 Å². The fourth-order valence-corrected chi connectivity index (χ4v) is 1.13. The van der Waals surface area contributed by atoms with Crippen molar-refractivity contribution in [2.45, 2.75) is 27.7 Å². The number of hydrogen-bond donors (Lipinski definition) is 0. The summed E-state index contributed by atoms with van der Waals surface area (Å²) in [6.07, 6.45) is 0. The van der Waals surface area contributed by atoms with Gasteiger partial charge in [0.15, 0.2) is 0 Å². The van der Waals surface area contributed by atoms with Crippen LogP contribution in [0.25, 0.3) is 0 Å². The minimum atomic E-state index is 1.12. The zero-order valence-corrected chi connectivity index (χ0v) is 8.43. The van der Waals surface area contributed by atoms with Crippen molar-refractivity contribution in [3.63, 3.8) is 0 Å². The third-order valence-corrected chi connectivity index (χ3v) is 2.19. The van der Waals surface area contributed by atoms with E-state index in [1.54, 1.807) is 0 Å². The summed E-state index contributed by atoms with van der Waals surface area (Å²) < 4.78 is 0. The highest BCUT2D eigenvalue weighted by atomic mass is 15.2. The van der Waals surface area contributed by atoms with Crippen LogP contribution in [0.4, 0.5) is 0 Å². The number of nitrogens with zero attached hydrogens (tertiary/aromatic N) is 2. The first kappa shape index (κ1) is 11.0. The van der Waals surface area contributed by atoms with Gasteiger partial charge in [0, 0.05) is 0 Å². The maximum absolute atomic E-state index is 2.44. The summed E-state index contributed by atoms with van der Waals surface area (Å²) in [7, 11) is 1.12. The molecule has 2 nitrogen and oxygen atoms in total. The quantitative estimate of drug-likeness (QED) is 0.528. The highest BCUT2D eigenvalue weighted by molar-refractivity contribution is 6.28. The molecule has 0 aromatic rings. The van der Waals surface area contributed by atoms with E-state index >= 15 is 0 Å². The smallest absolute Gasteiger partial charge is 0.291 e. The Hall–Kier alpha value is -0.0151. The second-order valence-corrected chi connectivity index (χ2v) is 2.75. The number of hydrogen-bond acceptors (Lipinski definition) is 2. The van der Waals surface area contributed by atoms with Crippen LogP contribution >= 0.6 is 0 Å². The van der Waals surface area contributed by atoms with E-state index in [9.17, 15) is 0 Å². The van der Waals surface area contributed by atoms with Crippen LogP contribution in [0, 0.1) is 0 Å². The average Bonchev–Trinajstić information content (AvgIpc) is 2.07. The first-order valence-corrected chi connectivity index (χ1v) is 4.73. The maximum atomic E-state index is 2.44. The highest BCUT2D eigenvalue weighted by Crippen LogP contribution is 1.89. The van der Waals surface area contributed by atoms with Crippen LogP contribution in [0.2, 0.25) is 0 Å². The Morgan fingerprint density at radius 1 is 0.727 bits per heavy atom. The highest BCUT2D eigenvalue weighted by Gasteiger charge is 2.06. The molecule has 0 aliphatic heterocycles. The second-order valence-electron chi connectivity index (χ2n) is 2.75. The van der Waals surface area contributed by atoms with Crippen molar-refractivity contribution >= 4 is 7.55 Å². The van der Waals surface area contributed by atoms with Crippen molar-refractivity contribution in [3.05, 3.63) is 0 Å². The zero-order valence-electron chi connectivity index (χ0n) is 8.43. The van der Waals surface area contributed by atoms with Crippen LogP contribution in [-0.2, 0) is 0 Å². The van der Waals surface area contributed by atoms with E-state index in [4.69, 9.17) is 0 Å². The molecule has 0 aliphatic carbocycles. The Labute approximate surface area is 71.8 Å². The van der Waals surface area contributed by atoms with E-state index in [-0.39, 0.29) is 0 Å². The molecule has 11 heavy (non-hydrogen) atoms. The molecular formula is C8H21BN2. The summed E-state index contributed by atoms with van der Waals surface area (Å²) in [6.45, 7) is 13.5. The Morgan fingerprint density at radius 3 is 1.18 bits per heavy atom. The molecule has 0 aromatic heterocycles. The SMILES string of the molecule is CCN(BN(CC)CC)CC. The molecule has 0 saturated heterocycles. The molecule has 66 valence electrons. The van der Waals surface area contributed by atoms with E-state index in [0.29, 0.717) is 0 Å². The van der Waals surface area contributed by atoms with Gasteiger partial charge in [-0.15, -0.1) is 0 Å². The molecule has 0 unspecified atom stereocenters. The Balaban J connectivity index is 3.58. The van der Waals surface area contributed by atoms with Crippen molar-refractivity contribution in [1.29, 1.82) is 0 Å². The summed E-state index contributed by atoms with van der Waals surface area (Å²) in [5.41, 5.74) is 0. The van der Waals surface area contributed by atoms with Crippen LogP contribution in [0.15, 0.2) is 0 Å². The van der Waals surface area contributed by atoms with Gasteiger partial charge in [0.2, 0.25) is 0 Å². The fraction of sp³-hybridized carbons (Fsp3) is 1.00. The van der Waals surface area contributed by atoms with E-state index in [2.05, 4.69) is 37.3 Å². The minimum Gasteiger partial charge on any atom is -0.332 e. The van der Waals surface area contributed by atoms with Gasteiger partial charge in [-0.3, -0.25) is 0 Å². The first-order valence-electron chi connectivity index (χ1n) is 4.73. The predicted octanol–water partition coefficient (Wildman–Crippen LogP) is 0.936. The molecule has 0 radical (unpaired) electrons. The van der Waals surface area contributed by atoms with Gasteiger partial charge in [-0.05, 0) is 26.2 Å². The normalized spacial score (nSPS) is 11.1. The van der Waals surface area contributed by atoms with E-state index in [1.807, 2.05) is 0 Å². The van der Waals surface area contributed by atoms with Crippen molar-refractivity contribution in [1.82, 2.24) is 9.62 Å².